The van der Waals surface area contributed by atoms with Crippen molar-refractivity contribution in [2.45, 2.75) is 13.8 Å². The van der Waals surface area contributed by atoms with Gasteiger partial charge in [0.25, 0.3) is 0 Å². The minimum Gasteiger partial charge on any atom is -0.497 e. The molecule has 0 aliphatic rings. The van der Waals surface area contributed by atoms with E-state index in [1.54, 1.807) is 7.11 Å². The summed E-state index contributed by atoms with van der Waals surface area (Å²) < 4.78 is 16.3. The molecule has 2 aromatic carbocycles. The Labute approximate surface area is 142 Å². The third kappa shape index (κ3) is 4.30. The molecular formula is C20H21NO3. The number of methoxy groups -OCH3 is 1. The second-order valence-electron chi connectivity index (χ2n) is 4.97. The predicted molar refractivity (Wildman–Crippen MR) is 95.3 cm³/mol. The van der Waals surface area contributed by atoms with Crippen molar-refractivity contribution in [1.29, 1.82) is 5.26 Å². The minimum atomic E-state index is 0.535. The van der Waals surface area contributed by atoms with Gasteiger partial charge in [0.15, 0.2) is 11.5 Å². The summed E-state index contributed by atoms with van der Waals surface area (Å²) in [6.07, 6.45) is 1.84. The van der Waals surface area contributed by atoms with E-state index in [9.17, 15) is 5.26 Å². The summed E-state index contributed by atoms with van der Waals surface area (Å²) in [5, 5.41) is 9.52. The summed E-state index contributed by atoms with van der Waals surface area (Å²) >= 11 is 0. The Morgan fingerprint density at radius 1 is 1.00 bits per heavy atom. The molecule has 0 fully saturated rings. The van der Waals surface area contributed by atoms with Gasteiger partial charge in [-0.2, -0.15) is 5.26 Å². The number of benzene rings is 2. The first-order chi connectivity index (χ1) is 11.7. The van der Waals surface area contributed by atoms with Crippen molar-refractivity contribution in [3.8, 4) is 23.3 Å². The topological polar surface area (TPSA) is 51.5 Å². The normalized spacial score (nSPS) is 10.8. The van der Waals surface area contributed by atoms with Crippen LogP contribution in [0.15, 0.2) is 42.5 Å². The van der Waals surface area contributed by atoms with Crippen molar-refractivity contribution >= 4 is 11.6 Å². The van der Waals surface area contributed by atoms with E-state index in [2.05, 4.69) is 6.07 Å². The summed E-state index contributed by atoms with van der Waals surface area (Å²) in [6.45, 7) is 4.94. The Morgan fingerprint density at radius 3 is 2.25 bits per heavy atom. The van der Waals surface area contributed by atoms with Crippen LogP contribution < -0.4 is 14.2 Å². The van der Waals surface area contributed by atoms with Crippen molar-refractivity contribution in [3.63, 3.8) is 0 Å². The van der Waals surface area contributed by atoms with Crippen LogP contribution in [0.1, 0.15) is 25.0 Å². The highest BCUT2D eigenvalue weighted by Crippen LogP contribution is 2.31. The van der Waals surface area contributed by atoms with Gasteiger partial charge in [-0.3, -0.25) is 0 Å². The highest BCUT2D eigenvalue weighted by Gasteiger charge is 2.09. The molecule has 124 valence electrons. The van der Waals surface area contributed by atoms with Crippen LogP contribution in [-0.4, -0.2) is 20.3 Å². The average Bonchev–Trinajstić information content (AvgIpc) is 2.62. The zero-order valence-electron chi connectivity index (χ0n) is 14.2. The van der Waals surface area contributed by atoms with Gasteiger partial charge in [0.2, 0.25) is 0 Å². The van der Waals surface area contributed by atoms with Gasteiger partial charge in [-0.1, -0.05) is 12.1 Å². The van der Waals surface area contributed by atoms with Crippen LogP contribution in [0.5, 0.6) is 17.2 Å². The molecule has 2 aromatic rings. The maximum atomic E-state index is 9.52. The number of allylic oxidation sites excluding steroid dienone is 1. The number of hydrogen-bond acceptors (Lipinski definition) is 4. The van der Waals surface area contributed by atoms with Gasteiger partial charge < -0.3 is 14.2 Å². The van der Waals surface area contributed by atoms with Crippen LogP contribution in [0.4, 0.5) is 0 Å². The third-order valence-electron chi connectivity index (χ3n) is 3.40. The Balaban J connectivity index is 2.37. The molecule has 0 atom stereocenters. The van der Waals surface area contributed by atoms with Crippen LogP contribution in [0.3, 0.4) is 0 Å². The molecule has 0 radical (unpaired) electrons. The fourth-order valence-electron chi connectivity index (χ4n) is 2.27. The number of hydrogen-bond donors (Lipinski definition) is 0. The van der Waals surface area contributed by atoms with E-state index in [1.165, 1.54) is 0 Å². The van der Waals surface area contributed by atoms with Gasteiger partial charge in [-0.05, 0) is 61.4 Å². The van der Waals surface area contributed by atoms with E-state index in [4.69, 9.17) is 14.2 Å². The van der Waals surface area contributed by atoms with Crippen LogP contribution in [0.2, 0.25) is 0 Å². The van der Waals surface area contributed by atoms with Gasteiger partial charge in [0.05, 0.1) is 32.0 Å². The molecule has 2 rings (SSSR count). The van der Waals surface area contributed by atoms with Crippen LogP contribution in [-0.2, 0) is 0 Å². The van der Waals surface area contributed by atoms with E-state index >= 15 is 0 Å². The molecule has 0 N–H and O–H groups in total. The highest BCUT2D eigenvalue weighted by molar-refractivity contribution is 5.90. The lowest BCUT2D eigenvalue weighted by molar-refractivity contribution is 0.287. The molecule has 0 spiro atoms. The second kappa shape index (κ2) is 8.64. The Kier molecular flexibility index (Phi) is 6.27. The highest BCUT2D eigenvalue weighted by atomic mass is 16.5. The number of ether oxygens (including phenoxy) is 3. The molecule has 24 heavy (non-hydrogen) atoms. The van der Waals surface area contributed by atoms with Gasteiger partial charge in [-0.25, -0.2) is 0 Å². The lowest BCUT2D eigenvalue weighted by Crippen LogP contribution is -1.99. The summed E-state index contributed by atoms with van der Waals surface area (Å²) in [5.41, 5.74) is 2.28. The number of nitriles is 1. The molecule has 0 bridgehead atoms. The van der Waals surface area contributed by atoms with E-state index in [0.29, 0.717) is 30.3 Å². The van der Waals surface area contributed by atoms with E-state index in [1.807, 2.05) is 62.4 Å². The summed E-state index contributed by atoms with van der Waals surface area (Å²) in [5.74, 6) is 2.11. The van der Waals surface area contributed by atoms with Crippen LogP contribution >= 0.6 is 0 Å². The quantitative estimate of drug-likeness (QED) is 0.554. The minimum absolute atomic E-state index is 0.535. The van der Waals surface area contributed by atoms with Gasteiger partial charge in [0, 0.05) is 0 Å². The summed E-state index contributed by atoms with van der Waals surface area (Å²) in [7, 11) is 1.63. The zero-order valence-corrected chi connectivity index (χ0v) is 14.2. The maximum absolute atomic E-state index is 9.52. The molecule has 0 unspecified atom stereocenters. The molecule has 4 heteroatoms. The number of rotatable bonds is 7. The van der Waals surface area contributed by atoms with Crippen molar-refractivity contribution < 1.29 is 14.2 Å². The Hall–Kier alpha value is -2.93. The summed E-state index contributed by atoms with van der Waals surface area (Å²) in [4.78, 5) is 0. The fourth-order valence-corrected chi connectivity index (χ4v) is 2.27. The van der Waals surface area contributed by atoms with Crippen molar-refractivity contribution in [2.24, 2.45) is 0 Å². The molecule has 0 heterocycles. The van der Waals surface area contributed by atoms with Crippen LogP contribution in [0.25, 0.3) is 11.6 Å². The second-order valence-corrected chi connectivity index (χ2v) is 4.97. The van der Waals surface area contributed by atoms with Gasteiger partial charge >= 0.3 is 0 Å². The fraction of sp³-hybridized carbons (Fsp3) is 0.250. The molecule has 0 amide bonds. The zero-order chi connectivity index (χ0) is 17.4. The monoisotopic (exact) mass is 323 g/mol. The van der Waals surface area contributed by atoms with Crippen molar-refractivity contribution in [1.82, 2.24) is 0 Å². The third-order valence-corrected chi connectivity index (χ3v) is 3.40. The molecule has 0 aromatic heterocycles. The van der Waals surface area contributed by atoms with Gasteiger partial charge in [-0.15, -0.1) is 0 Å². The SMILES string of the molecule is CCOc1ccc(/C(C#N)=C\c2ccc(OC)cc2)cc1OCC. The van der Waals surface area contributed by atoms with E-state index in [-0.39, 0.29) is 0 Å². The lowest BCUT2D eigenvalue weighted by atomic mass is 10.0. The lowest BCUT2D eigenvalue weighted by Gasteiger charge is -2.12. The van der Waals surface area contributed by atoms with Crippen molar-refractivity contribution in [2.75, 3.05) is 20.3 Å². The van der Waals surface area contributed by atoms with E-state index in [0.717, 1.165) is 16.9 Å². The van der Waals surface area contributed by atoms with E-state index < -0.39 is 0 Å². The smallest absolute Gasteiger partial charge is 0.161 e. The molecular weight excluding hydrogens is 302 g/mol. The average molecular weight is 323 g/mol. The maximum Gasteiger partial charge on any atom is 0.161 e. The van der Waals surface area contributed by atoms with Crippen LogP contribution in [0, 0.1) is 11.3 Å². The van der Waals surface area contributed by atoms with Gasteiger partial charge in [0.1, 0.15) is 5.75 Å². The first kappa shape index (κ1) is 17.4. The largest absolute Gasteiger partial charge is 0.497 e. The van der Waals surface area contributed by atoms with Crippen molar-refractivity contribution in [3.05, 3.63) is 53.6 Å². The Bertz CT molecular complexity index is 742. The molecule has 0 saturated carbocycles. The molecule has 0 aliphatic carbocycles. The predicted octanol–water partition coefficient (Wildman–Crippen LogP) is 4.56. The Morgan fingerprint density at radius 2 is 1.67 bits per heavy atom. The first-order valence-electron chi connectivity index (χ1n) is 7.87. The molecule has 0 saturated heterocycles. The summed E-state index contributed by atoms with van der Waals surface area (Å²) in [6, 6.07) is 15.3. The molecule has 4 nitrogen and oxygen atoms in total. The number of nitrogens with zero attached hydrogens (tertiary/aromatic N) is 1. The first-order valence-corrected chi connectivity index (χ1v) is 7.87. The standard InChI is InChI=1S/C20H21NO3/c1-4-23-19-11-8-16(13-20(19)24-5-2)17(14-21)12-15-6-9-18(22-3)10-7-15/h6-13H,4-5H2,1-3H3/b17-12-. The molecule has 0 aliphatic heterocycles.